The molecular formula is C22H24FNO3. The smallest absolute Gasteiger partial charge is 0.222 e. The third-order valence-electron chi connectivity index (χ3n) is 5.11. The molecule has 142 valence electrons. The van der Waals surface area contributed by atoms with E-state index in [9.17, 15) is 14.0 Å². The van der Waals surface area contributed by atoms with Crippen LogP contribution in [-0.2, 0) is 11.2 Å². The molecule has 2 aromatic carbocycles. The summed E-state index contributed by atoms with van der Waals surface area (Å²) >= 11 is 0. The number of likely N-dealkylation sites (tertiary alicyclic amines) is 1. The predicted octanol–water partition coefficient (Wildman–Crippen LogP) is 3.89. The topological polar surface area (TPSA) is 46.6 Å². The average molecular weight is 369 g/mol. The Bertz CT molecular complexity index is 795. The van der Waals surface area contributed by atoms with Crippen molar-refractivity contribution >= 4 is 11.7 Å². The normalized spacial score (nSPS) is 14.8. The Balaban J connectivity index is 1.48. The summed E-state index contributed by atoms with van der Waals surface area (Å²) in [6.45, 7) is 1.18. The fraction of sp³-hybridized carbons (Fsp3) is 0.364. The summed E-state index contributed by atoms with van der Waals surface area (Å²) in [5.74, 6) is 0.505. The lowest BCUT2D eigenvalue weighted by Gasteiger charge is -2.31. The first-order chi connectivity index (χ1) is 13.1. The second kappa shape index (κ2) is 8.80. The average Bonchev–Trinajstić information content (AvgIpc) is 2.72. The van der Waals surface area contributed by atoms with Gasteiger partial charge in [-0.05, 0) is 61.2 Å². The molecule has 1 aliphatic rings. The number of carbonyl (C=O) groups excluding carboxylic acids is 2. The van der Waals surface area contributed by atoms with E-state index in [4.69, 9.17) is 4.74 Å². The second-order valence-corrected chi connectivity index (χ2v) is 6.88. The molecule has 0 N–H and O–H groups in total. The number of nitrogens with zero attached hydrogens (tertiary/aromatic N) is 1. The van der Waals surface area contributed by atoms with Gasteiger partial charge in [-0.2, -0.15) is 0 Å². The van der Waals surface area contributed by atoms with Crippen LogP contribution in [-0.4, -0.2) is 36.8 Å². The van der Waals surface area contributed by atoms with E-state index < -0.39 is 0 Å². The number of Topliss-reactive ketones (excluding diaryl/α,β-unsaturated/α-hetero) is 1. The number of amides is 1. The fourth-order valence-corrected chi connectivity index (χ4v) is 3.48. The van der Waals surface area contributed by atoms with Gasteiger partial charge in [0, 0.05) is 31.0 Å². The molecule has 1 heterocycles. The number of carbonyl (C=O) groups is 2. The summed E-state index contributed by atoms with van der Waals surface area (Å²) in [6.07, 6.45) is 2.43. The van der Waals surface area contributed by atoms with Gasteiger partial charge in [0.05, 0.1) is 7.11 Å². The third kappa shape index (κ3) is 4.94. The molecule has 1 saturated heterocycles. The van der Waals surface area contributed by atoms with Crippen LogP contribution in [0.4, 0.5) is 4.39 Å². The van der Waals surface area contributed by atoms with E-state index in [1.54, 1.807) is 7.11 Å². The molecule has 1 fully saturated rings. The Morgan fingerprint density at radius 3 is 2.48 bits per heavy atom. The van der Waals surface area contributed by atoms with Crippen molar-refractivity contribution in [3.63, 3.8) is 0 Å². The number of ketones is 1. The largest absolute Gasteiger partial charge is 0.497 e. The molecule has 0 aliphatic carbocycles. The quantitative estimate of drug-likeness (QED) is 0.726. The Morgan fingerprint density at radius 2 is 1.81 bits per heavy atom. The lowest BCUT2D eigenvalue weighted by molar-refractivity contribution is -0.132. The van der Waals surface area contributed by atoms with Gasteiger partial charge in [-0.3, -0.25) is 9.59 Å². The predicted molar refractivity (Wildman–Crippen MR) is 101 cm³/mol. The zero-order valence-electron chi connectivity index (χ0n) is 15.5. The zero-order valence-corrected chi connectivity index (χ0v) is 15.5. The third-order valence-corrected chi connectivity index (χ3v) is 5.11. The van der Waals surface area contributed by atoms with Gasteiger partial charge in [-0.1, -0.05) is 12.1 Å². The Morgan fingerprint density at radius 1 is 1.11 bits per heavy atom. The van der Waals surface area contributed by atoms with Gasteiger partial charge < -0.3 is 9.64 Å². The molecule has 1 amide bonds. The Labute approximate surface area is 158 Å². The van der Waals surface area contributed by atoms with Crippen molar-refractivity contribution in [1.82, 2.24) is 4.90 Å². The highest BCUT2D eigenvalue weighted by Crippen LogP contribution is 2.23. The maximum Gasteiger partial charge on any atom is 0.222 e. The monoisotopic (exact) mass is 369 g/mol. The molecule has 27 heavy (non-hydrogen) atoms. The van der Waals surface area contributed by atoms with Crippen molar-refractivity contribution in [2.45, 2.75) is 25.7 Å². The highest BCUT2D eigenvalue weighted by Gasteiger charge is 2.27. The van der Waals surface area contributed by atoms with Crippen LogP contribution in [0.25, 0.3) is 0 Å². The van der Waals surface area contributed by atoms with E-state index in [-0.39, 0.29) is 23.4 Å². The standard InChI is InChI=1S/C22H24FNO3/c1-27-20-4-2-3-16(15-20)5-10-21(25)24-13-11-18(12-14-24)22(26)17-6-8-19(23)9-7-17/h2-4,6-9,15,18H,5,10-14H2,1H3. The molecule has 1 aliphatic heterocycles. The lowest BCUT2D eigenvalue weighted by atomic mass is 9.88. The molecule has 0 saturated carbocycles. The highest BCUT2D eigenvalue weighted by atomic mass is 19.1. The minimum Gasteiger partial charge on any atom is -0.497 e. The van der Waals surface area contributed by atoms with E-state index in [1.807, 2.05) is 29.2 Å². The Hall–Kier alpha value is -2.69. The summed E-state index contributed by atoms with van der Waals surface area (Å²) in [6, 6.07) is 13.4. The molecule has 4 nitrogen and oxygen atoms in total. The van der Waals surface area contributed by atoms with Crippen LogP contribution in [0.1, 0.15) is 35.2 Å². The van der Waals surface area contributed by atoms with Crippen LogP contribution in [0.15, 0.2) is 48.5 Å². The number of methoxy groups -OCH3 is 1. The number of hydrogen-bond acceptors (Lipinski definition) is 3. The number of halogens is 1. The van der Waals surface area contributed by atoms with Crippen LogP contribution >= 0.6 is 0 Å². The van der Waals surface area contributed by atoms with E-state index in [1.165, 1.54) is 24.3 Å². The molecule has 0 unspecified atom stereocenters. The molecule has 3 rings (SSSR count). The summed E-state index contributed by atoms with van der Waals surface area (Å²) in [4.78, 5) is 26.8. The first-order valence-corrected chi connectivity index (χ1v) is 9.27. The number of ether oxygens (including phenoxy) is 1. The molecule has 0 spiro atoms. The van der Waals surface area contributed by atoms with Crippen LogP contribution in [0.5, 0.6) is 5.75 Å². The molecule has 0 aromatic heterocycles. The van der Waals surface area contributed by atoms with Gasteiger partial charge in [0.25, 0.3) is 0 Å². The molecule has 0 radical (unpaired) electrons. The van der Waals surface area contributed by atoms with Crippen molar-refractivity contribution < 1.29 is 18.7 Å². The summed E-state index contributed by atoms with van der Waals surface area (Å²) < 4.78 is 18.2. The van der Waals surface area contributed by atoms with E-state index in [0.29, 0.717) is 44.3 Å². The lowest BCUT2D eigenvalue weighted by Crippen LogP contribution is -2.40. The van der Waals surface area contributed by atoms with Crippen LogP contribution in [0.2, 0.25) is 0 Å². The van der Waals surface area contributed by atoms with Crippen molar-refractivity contribution in [2.24, 2.45) is 5.92 Å². The van der Waals surface area contributed by atoms with Crippen molar-refractivity contribution in [3.05, 3.63) is 65.5 Å². The van der Waals surface area contributed by atoms with Gasteiger partial charge in [0.15, 0.2) is 5.78 Å². The number of hydrogen-bond donors (Lipinski definition) is 0. The van der Waals surface area contributed by atoms with Gasteiger partial charge >= 0.3 is 0 Å². The molecule has 5 heteroatoms. The molecule has 2 aromatic rings. The number of benzene rings is 2. The van der Waals surface area contributed by atoms with E-state index in [0.717, 1.165) is 11.3 Å². The van der Waals surface area contributed by atoms with Crippen molar-refractivity contribution in [1.29, 1.82) is 0 Å². The maximum atomic E-state index is 13.0. The summed E-state index contributed by atoms with van der Waals surface area (Å²) in [5.41, 5.74) is 1.61. The van der Waals surface area contributed by atoms with Gasteiger partial charge in [-0.25, -0.2) is 4.39 Å². The molecule has 0 bridgehead atoms. The first kappa shape index (κ1) is 19.1. The van der Waals surface area contributed by atoms with Crippen LogP contribution in [0, 0.1) is 11.7 Å². The van der Waals surface area contributed by atoms with Crippen molar-refractivity contribution in [3.8, 4) is 5.75 Å². The highest BCUT2D eigenvalue weighted by molar-refractivity contribution is 5.98. The zero-order chi connectivity index (χ0) is 19.2. The Kier molecular flexibility index (Phi) is 6.22. The summed E-state index contributed by atoms with van der Waals surface area (Å²) in [7, 11) is 1.63. The van der Waals surface area contributed by atoms with Gasteiger partial charge in [0.2, 0.25) is 5.91 Å². The molecule has 0 atom stereocenters. The molecular weight excluding hydrogens is 345 g/mol. The number of aryl methyl sites for hydroxylation is 1. The van der Waals surface area contributed by atoms with Crippen molar-refractivity contribution in [2.75, 3.05) is 20.2 Å². The number of piperidine rings is 1. The first-order valence-electron chi connectivity index (χ1n) is 9.27. The van der Waals surface area contributed by atoms with Crippen LogP contribution < -0.4 is 4.74 Å². The fourth-order valence-electron chi connectivity index (χ4n) is 3.48. The second-order valence-electron chi connectivity index (χ2n) is 6.88. The van der Waals surface area contributed by atoms with Gasteiger partial charge in [0.1, 0.15) is 11.6 Å². The van der Waals surface area contributed by atoms with Gasteiger partial charge in [-0.15, -0.1) is 0 Å². The minimum atomic E-state index is -0.344. The van der Waals surface area contributed by atoms with E-state index in [2.05, 4.69) is 0 Å². The SMILES string of the molecule is COc1cccc(CCC(=O)N2CCC(C(=O)c3ccc(F)cc3)CC2)c1. The maximum absolute atomic E-state index is 13.0. The summed E-state index contributed by atoms with van der Waals surface area (Å²) in [5, 5.41) is 0. The number of rotatable bonds is 6. The van der Waals surface area contributed by atoms with E-state index >= 15 is 0 Å². The van der Waals surface area contributed by atoms with Crippen LogP contribution in [0.3, 0.4) is 0 Å². The minimum absolute atomic E-state index is 0.0403.